The van der Waals surface area contributed by atoms with Crippen molar-refractivity contribution >= 4 is 23.1 Å². The molecule has 1 aliphatic carbocycles. The summed E-state index contributed by atoms with van der Waals surface area (Å²) in [6.07, 6.45) is 7.04. The van der Waals surface area contributed by atoms with E-state index in [0.29, 0.717) is 5.56 Å². The average Bonchev–Trinajstić information content (AvgIpc) is 3.25. The predicted octanol–water partition coefficient (Wildman–Crippen LogP) is 4.40. The van der Waals surface area contributed by atoms with Crippen molar-refractivity contribution in [2.45, 2.75) is 31.2 Å². The van der Waals surface area contributed by atoms with Crippen LogP contribution in [0.15, 0.2) is 73.1 Å². The van der Waals surface area contributed by atoms with Crippen molar-refractivity contribution in [2.75, 3.05) is 10.6 Å². The third kappa shape index (κ3) is 4.17. The summed E-state index contributed by atoms with van der Waals surface area (Å²) >= 11 is 0. The Morgan fingerprint density at radius 3 is 2.27 bits per heavy atom. The number of anilines is 2. The Morgan fingerprint density at radius 1 is 0.933 bits per heavy atom. The third-order valence-electron chi connectivity index (χ3n) is 5.61. The molecule has 0 radical (unpaired) electrons. The van der Waals surface area contributed by atoms with Crippen LogP contribution in [0.2, 0.25) is 0 Å². The lowest BCUT2D eigenvalue weighted by Gasteiger charge is -2.30. The standard InChI is InChI=1S/C24H25N5O/c25-22(26)19-4-3-5-21(16-19)29-24(12-1-2-13-24)23(30)28-20-8-6-17(7-9-20)18-10-14-27-15-11-18/h3-11,14-16,29H,1-2,12-13H2,(H3,25,26)(H,28,30). The van der Waals surface area contributed by atoms with E-state index in [1.54, 1.807) is 18.5 Å². The van der Waals surface area contributed by atoms with Gasteiger partial charge in [-0.3, -0.25) is 15.2 Å². The Morgan fingerprint density at radius 2 is 1.60 bits per heavy atom. The van der Waals surface area contributed by atoms with Gasteiger partial charge in [0.15, 0.2) is 0 Å². The maximum Gasteiger partial charge on any atom is 0.250 e. The molecule has 152 valence electrons. The van der Waals surface area contributed by atoms with E-state index in [-0.39, 0.29) is 11.7 Å². The number of hydrogen-bond donors (Lipinski definition) is 4. The highest BCUT2D eigenvalue weighted by Gasteiger charge is 2.41. The van der Waals surface area contributed by atoms with E-state index in [4.69, 9.17) is 11.1 Å². The lowest BCUT2D eigenvalue weighted by atomic mass is 9.95. The fourth-order valence-corrected chi connectivity index (χ4v) is 3.97. The lowest BCUT2D eigenvalue weighted by molar-refractivity contribution is -0.120. The quantitative estimate of drug-likeness (QED) is 0.364. The zero-order valence-corrected chi connectivity index (χ0v) is 16.7. The zero-order chi connectivity index (χ0) is 21.0. The number of nitrogens with two attached hydrogens (primary N) is 1. The van der Waals surface area contributed by atoms with Gasteiger partial charge in [0.05, 0.1) is 0 Å². The molecule has 0 spiro atoms. The molecule has 6 nitrogen and oxygen atoms in total. The summed E-state index contributed by atoms with van der Waals surface area (Å²) < 4.78 is 0. The van der Waals surface area contributed by atoms with Crippen molar-refractivity contribution in [3.05, 3.63) is 78.6 Å². The molecule has 1 aromatic heterocycles. The highest BCUT2D eigenvalue weighted by atomic mass is 16.2. The minimum atomic E-state index is -0.667. The second-order valence-corrected chi connectivity index (χ2v) is 7.68. The van der Waals surface area contributed by atoms with Gasteiger partial charge in [-0.25, -0.2) is 0 Å². The minimum absolute atomic E-state index is 0.0119. The van der Waals surface area contributed by atoms with Gasteiger partial charge in [-0.15, -0.1) is 0 Å². The first-order valence-electron chi connectivity index (χ1n) is 10.1. The van der Waals surface area contributed by atoms with E-state index in [0.717, 1.165) is 48.2 Å². The molecular formula is C24H25N5O. The van der Waals surface area contributed by atoms with Gasteiger partial charge in [0.1, 0.15) is 11.4 Å². The number of nitrogen functional groups attached to an aromatic ring is 1. The van der Waals surface area contributed by atoms with Crippen molar-refractivity contribution in [1.82, 2.24) is 4.98 Å². The zero-order valence-electron chi connectivity index (χ0n) is 16.7. The van der Waals surface area contributed by atoms with Crippen LogP contribution in [0, 0.1) is 5.41 Å². The number of nitrogens with one attached hydrogen (secondary N) is 3. The molecule has 0 saturated heterocycles. The number of nitrogens with zero attached hydrogens (tertiary/aromatic N) is 1. The summed E-state index contributed by atoms with van der Waals surface area (Å²) in [4.78, 5) is 17.3. The SMILES string of the molecule is N=C(N)c1cccc(NC2(C(=O)Nc3ccc(-c4ccncc4)cc3)CCCC2)c1. The number of hydrogen-bond acceptors (Lipinski definition) is 4. The molecule has 0 bridgehead atoms. The molecule has 0 atom stereocenters. The van der Waals surface area contributed by atoms with Crippen LogP contribution in [0.5, 0.6) is 0 Å². The van der Waals surface area contributed by atoms with Gasteiger partial charge in [0.2, 0.25) is 5.91 Å². The van der Waals surface area contributed by atoms with Crippen molar-refractivity contribution in [1.29, 1.82) is 5.41 Å². The summed E-state index contributed by atoms with van der Waals surface area (Å²) in [5.41, 5.74) is 9.31. The molecule has 1 saturated carbocycles. The van der Waals surface area contributed by atoms with E-state index >= 15 is 0 Å². The van der Waals surface area contributed by atoms with E-state index in [9.17, 15) is 4.79 Å². The molecule has 1 heterocycles. The summed E-state index contributed by atoms with van der Waals surface area (Å²) in [5, 5.41) is 14.2. The van der Waals surface area contributed by atoms with Crippen LogP contribution in [-0.2, 0) is 4.79 Å². The number of pyridine rings is 1. The molecule has 1 fully saturated rings. The molecule has 2 aromatic carbocycles. The largest absolute Gasteiger partial charge is 0.384 e. The van der Waals surface area contributed by atoms with Gasteiger partial charge in [-0.05, 0) is 60.4 Å². The minimum Gasteiger partial charge on any atom is -0.384 e. The van der Waals surface area contributed by atoms with E-state index in [1.807, 2.05) is 54.6 Å². The van der Waals surface area contributed by atoms with Crippen LogP contribution in [0.4, 0.5) is 11.4 Å². The first-order valence-corrected chi connectivity index (χ1v) is 10.1. The lowest BCUT2D eigenvalue weighted by Crippen LogP contribution is -2.47. The van der Waals surface area contributed by atoms with Crippen LogP contribution in [-0.4, -0.2) is 22.3 Å². The topological polar surface area (TPSA) is 104 Å². The summed E-state index contributed by atoms with van der Waals surface area (Å²) in [6, 6.07) is 19.1. The Labute approximate surface area is 176 Å². The first-order chi connectivity index (χ1) is 14.6. The molecule has 1 amide bonds. The van der Waals surface area contributed by atoms with Crippen molar-refractivity contribution in [3.63, 3.8) is 0 Å². The molecule has 6 heteroatoms. The third-order valence-corrected chi connectivity index (χ3v) is 5.61. The Hall–Kier alpha value is -3.67. The number of carbonyl (C=O) groups excluding carboxylic acids is 1. The molecule has 0 unspecified atom stereocenters. The number of benzene rings is 2. The molecule has 5 N–H and O–H groups in total. The van der Waals surface area contributed by atoms with Crippen LogP contribution in [0.1, 0.15) is 31.2 Å². The summed E-state index contributed by atoms with van der Waals surface area (Å²) in [7, 11) is 0. The monoisotopic (exact) mass is 399 g/mol. The van der Waals surface area contributed by atoms with Crippen LogP contribution in [0.25, 0.3) is 11.1 Å². The molecule has 1 aliphatic rings. The molecule has 30 heavy (non-hydrogen) atoms. The van der Waals surface area contributed by atoms with Gasteiger partial charge < -0.3 is 16.4 Å². The second-order valence-electron chi connectivity index (χ2n) is 7.68. The summed E-state index contributed by atoms with van der Waals surface area (Å²) in [6.45, 7) is 0. The Balaban J connectivity index is 1.51. The van der Waals surface area contributed by atoms with Crippen molar-refractivity contribution in [3.8, 4) is 11.1 Å². The number of amidine groups is 1. The smallest absolute Gasteiger partial charge is 0.250 e. The van der Waals surface area contributed by atoms with Gasteiger partial charge in [-0.2, -0.15) is 0 Å². The van der Waals surface area contributed by atoms with E-state index < -0.39 is 5.54 Å². The van der Waals surface area contributed by atoms with Crippen LogP contribution in [0.3, 0.4) is 0 Å². The molecular weight excluding hydrogens is 374 g/mol. The van der Waals surface area contributed by atoms with Gasteiger partial charge in [-0.1, -0.05) is 37.1 Å². The first kappa shape index (κ1) is 19.6. The van der Waals surface area contributed by atoms with Crippen molar-refractivity contribution < 1.29 is 4.79 Å². The van der Waals surface area contributed by atoms with Crippen LogP contribution >= 0.6 is 0 Å². The van der Waals surface area contributed by atoms with E-state index in [2.05, 4.69) is 15.6 Å². The normalized spacial score (nSPS) is 14.8. The molecule has 4 rings (SSSR count). The fraction of sp³-hybridized carbons (Fsp3) is 0.208. The number of aromatic nitrogens is 1. The van der Waals surface area contributed by atoms with E-state index in [1.165, 1.54) is 0 Å². The number of carbonyl (C=O) groups is 1. The highest BCUT2D eigenvalue weighted by Crippen LogP contribution is 2.35. The van der Waals surface area contributed by atoms with Crippen LogP contribution < -0.4 is 16.4 Å². The van der Waals surface area contributed by atoms with Gasteiger partial charge in [0.25, 0.3) is 0 Å². The maximum absolute atomic E-state index is 13.3. The average molecular weight is 399 g/mol. The Bertz CT molecular complexity index is 1040. The van der Waals surface area contributed by atoms with Gasteiger partial charge >= 0.3 is 0 Å². The number of amides is 1. The van der Waals surface area contributed by atoms with Gasteiger partial charge in [0, 0.05) is 29.3 Å². The summed E-state index contributed by atoms with van der Waals surface area (Å²) in [5.74, 6) is -0.0252. The predicted molar refractivity (Wildman–Crippen MR) is 121 cm³/mol. The Kier molecular flexibility index (Phi) is 5.48. The number of rotatable bonds is 6. The highest BCUT2D eigenvalue weighted by molar-refractivity contribution is 6.01. The second kappa shape index (κ2) is 8.37. The fourth-order valence-electron chi connectivity index (χ4n) is 3.97. The maximum atomic E-state index is 13.3. The van der Waals surface area contributed by atoms with Crippen molar-refractivity contribution in [2.24, 2.45) is 5.73 Å². The molecule has 0 aliphatic heterocycles. The molecule has 3 aromatic rings.